The normalized spacial score (nSPS) is 16.4. The molecule has 0 spiro atoms. The second kappa shape index (κ2) is 8.07. The minimum absolute atomic E-state index is 0.0317. The minimum Gasteiger partial charge on any atom is -0.376 e. The zero-order valence-corrected chi connectivity index (χ0v) is 16.4. The van der Waals surface area contributed by atoms with Gasteiger partial charge >= 0.3 is 0 Å². The second-order valence-corrected chi connectivity index (χ2v) is 7.24. The maximum Gasteiger partial charge on any atom is 0.253 e. The summed E-state index contributed by atoms with van der Waals surface area (Å²) in [6, 6.07) is 15.8. The molecule has 28 heavy (non-hydrogen) atoms. The molecule has 3 aromatic rings. The highest BCUT2D eigenvalue weighted by atomic mass is 16.5. The number of rotatable bonds is 5. The first kappa shape index (κ1) is 18.6. The van der Waals surface area contributed by atoms with Gasteiger partial charge < -0.3 is 9.64 Å². The number of carbonyl (C=O) groups is 1. The van der Waals surface area contributed by atoms with E-state index in [9.17, 15) is 4.79 Å². The van der Waals surface area contributed by atoms with Crippen LogP contribution >= 0.6 is 0 Å². The summed E-state index contributed by atoms with van der Waals surface area (Å²) in [7, 11) is 0. The Hall–Kier alpha value is -2.79. The molecule has 144 valence electrons. The Morgan fingerprint density at radius 3 is 2.71 bits per heavy atom. The summed E-state index contributed by atoms with van der Waals surface area (Å²) in [5, 5.41) is 10.9. The number of aryl methyl sites for hydroxylation is 1. The van der Waals surface area contributed by atoms with Crippen molar-refractivity contribution in [1.82, 2.24) is 15.1 Å². The van der Waals surface area contributed by atoms with Gasteiger partial charge in [0.15, 0.2) is 0 Å². The third-order valence-electron chi connectivity index (χ3n) is 5.37. The summed E-state index contributed by atoms with van der Waals surface area (Å²) in [6.07, 6.45) is 2.25. The van der Waals surface area contributed by atoms with Gasteiger partial charge in [0.2, 0.25) is 0 Å². The Labute approximate surface area is 165 Å². The van der Waals surface area contributed by atoms with Gasteiger partial charge in [-0.05, 0) is 38.8 Å². The van der Waals surface area contributed by atoms with Crippen molar-refractivity contribution >= 4 is 16.7 Å². The standard InChI is InChI=1S/C23H25N3O2/c1-3-26(15-19-10-7-13-28-19)23(27)18-9-6-8-17(14-18)22-21-12-5-4-11-20(21)16(2)24-25-22/h4-6,8-9,11-12,14,19H,3,7,10,13,15H2,1-2H3. The van der Waals surface area contributed by atoms with Crippen molar-refractivity contribution in [3.05, 3.63) is 59.8 Å². The second-order valence-electron chi connectivity index (χ2n) is 7.24. The lowest BCUT2D eigenvalue weighted by molar-refractivity contribution is 0.0539. The fourth-order valence-corrected chi connectivity index (χ4v) is 3.82. The van der Waals surface area contributed by atoms with Crippen LogP contribution in [0.5, 0.6) is 0 Å². The molecule has 1 aliphatic heterocycles. The van der Waals surface area contributed by atoms with Gasteiger partial charge in [0.05, 0.1) is 11.8 Å². The van der Waals surface area contributed by atoms with Gasteiger partial charge in [-0.25, -0.2) is 0 Å². The number of fused-ring (bicyclic) bond motifs is 1. The number of likely N-dealkylation sites (N-methyl/N-ethyl adjacent to an activating group) is 1. The summed E-state index contributed by atoms with van der Waals surface area (Å²) >= 11 is 0. The molecule has 5 nitrogen and oxygen atoms in total. The van der Waals surface area contributed by atoms with Crippen LogP contribution in [0.1, 0.15) is 35.8 Å². The molecule has 1 saturated heterocycles. The first-order valence-corrected chi connectivity index (χ1v) is 9.90. The highest BCUT2D eigenvalue weighted by molar-refractivity contribution is 5.98. The third kappa shape index (κ3) is 3.62. The van der Waals surface area contributed by atoms with Crippen LogP contribution in [0, 0.1) is 6.92 Å². The number of ether oxygens (including phenoxy) is 1. The molecule has 1 atom stereocenters. The van der Waals surface area contributed by atoms with Crippen LogP contribution in [0.2, 0.25) is 0 Å². The van der Waals surface area contributed by atoms with Gasteiger partial charge in [0, 0.05) is 41.6 Å². The first-order chi connectivity index (χ1) is 13.7. The highest BCUT2D eigenvalue weighted by Gasteiger charge is 2.22. The van der Waals surface area contributed by atoms with E-state index in [1.165, 1.54) is 0 Å². The Morgan fingerprint density at radius 2 is 1.96 bits per heavy atom. The Bertz CT molecular complexity index is 996. The summed E-state index contributed by atoms with van der Waals surface area (Å²) in [5.41, 5.74) is 3.28. The molecule has 0 saturated carbocycles. The van der Waals surface area contributed by atoms with Crippen molar-refractivity contribution < 1.29 is 9.53 Å². The Morgan fingerprint density at radius 1 is 1.14 bits per heavy atom. The summed E-state index contributed by atoms with van der Waals surface area (Å²) in [6.45, 7) is 6.08. The van der Waals surface area contributed by atoms with Crippen molar-refractivity contribution in [2.45, 2.75) is 32.8 Å². The summed E-state index contributed by atoms with van der Waals surface area (Å²) < 4.78 is 5.71. The fourth-order valence-electron chi connectivity index (χ4n) is 3.82. The number of nitrogens with zero attached hydrogens (tertiary/aromatic N) is 3. The molecule has 0 N–H and O–H groups in total. The molecular formula is C23H25N3O2. The molecular weight excluding hydrogens is 350 g/mol. The maximum absolute atomic E-state index is 13.1. The van der Waals surface area contributed by atoms with Crippen molar-refractivity contribution in [3.8, 4) is 11.3 Å². The lowest BCUT2D eigenvalue weighted by Gasteiger charge is -2.24. The largest absolute Gasteiger partial charge is 0.376 e. The molecule has 0 aliphatic carbocycles. The van der Waals surface area contributed by atoms with Crippen LogP contribution in [-0.4, -0.2) is 46.8 Å². The minimum atomic E-state index is 0.0317. The van der Waals surface area contributed by atoms with Crippen molar-refractivity contribution in [1.29, 1.82) is 0 Å². The van der Waals surface area contributed by atoms with E-state index in [2.05, 4.69) is 22.3 Å². The van der Waals surface area contributed by atoms with E-state index in [1.807, 2.05) is 55.1 Å². The smallest absolute Gasteiger partial charge is 0.253 e. The van der Waals surface area contributed by atoms with Gasteiger partial charge in [-0.2, -0.15) is 5.10 Å². The maximum atomic E-state index is 13.1. The van der Waals surface area contributed by atoms with E-state index in [1.54, 1.807) is 0 Å². The molecule has 1 aliphatic rings. The Balaban J connectivity index is 1.66. The molecule has 5 heteroatoms. The molecule has 1 unspecified atom stereocenters. The van der Waals surface area contributed by atoms with E-state index in [0.717, 1.165) is 47.2 Å². The van der Waals surface area contributed by atoms with Crippen molar-refractivity contribution in [2.75, 3.05) is 19.7 Å². The van der Waals surface area contributed by atoms with Crippen LogP contribution in [0.15, 0.2) is 48.5 Å². The van der Waals surface area contributed by atoms with Crippen molar-refractivity contribution in [2.24, 2.45) is 0 Å². The molecule has 0 bridgehead atoms. The SMILES string of the molecule is CCN(CC1CCCO1)C(=O)c1cccc(-c2nnc(C)c3ccccc23)c1. The number of amides is 1. The number of carbonyl (C=O) groups excluding carboxylic acids is 1. The quantitative estimate of drug-likeness (QED) is 0.669. The molecule has 1 aromatic heterocycles. The molecule has 4 rings (SSSR count). The monoisotopic (exact) mass is 375 g/mol. The van der Waals surface area contributed by atoms with Gasteiger partial charge in [-0.15, -0.1) is 5.10 Å². The van der Waals surface area contributed by atoms with Gasteiger partial charge in [0.1, 0.15) is 5.69 Å². The van der Waals surface area contributed by atoms with Crippen LogP contribution in [0.3, 0.4) is 0 Å². The van der Waals surface area contributed by atoms with Gasteiger partial charge in [-0.3, -0.25) is 4.79 Å². The topological polar surface area (TPSA) is 55.3 Å². The molecule has 2 aromatic carbocycles. The average Bonchev–Trinajstić information content (AvgIpc) is 3.25. The molecule has 2 heterocycles. The lowest BCUT2D eigenvalue weighted by Crippen LogP contribution is -2.37. The number of hydrogen-bond acceptors (Lipinski definition) is 4. The number of benzene rings is 2. The fraction of sp³-hybridized carbons (Fsp3) is 0.348. The molecule has 1 amide bonds. The van der Waals surface area contributed by atoms with Gasteiger partial charge in [-0.1, -0.05) is 36.4 Å². The van der Waals surface area contributed by atoms with E-state index in [4.69, 9.17) is 4.74 Å². The Kier molecular flexibility index (Phi) is 5.35. The number of aromatic nitrogens is 2. The molecule has 1 fully saturated rings. The van der Waals surface area contributed by atoms with Crippen molar-refractivity contribution in [3.63, 3.8) is 0 Å². The number of hydrogen-bond donors (Lipinski definition) is 0. The van der Waals surface area contributed by atoms with Crippen LogP contribution in [-0.2, 0) is 4.74 Å². The van der Waals surface area contributed by atoms with E-state index in [0.29, 0.717) is 18.7 Å². The molecule has 0 radical (unpaired) electrons. The van der Waals surface area contributed by atoms with E-state index < -0.39 is 0 Å². The first-order valence-electron chi connectivity index (χ1n) is 9.90. The van der Waals surface area contributed by atoms with Crippen LogP contribution in [0.25, 0.3) is 22.0 Å². The predicted molar refractivity (Wildman–Crippen MR) is 110 cm³/mol. The predicted octanol–water partition coefficient (Wildman–Crippen LogP) is 4.25. The zero-order valence-electron chi connectivity index (χ0n) is 16.4. The highest BCUT2D eigenvalue weighted by Crippen LogP contribution is 2.28. The summed E-state index contributed by atoms with van der Waals surface area (Å²) in [5.74, 6) is 0.0317. The zero-order chi connectivity index (χ0) is 19.5. The van der Waals surface area contributed by atoms with Crippen LogP contribution in [0.4, 0.5) is 0 Å². The summed E-state index contributed by atoms with van der Waals surface area (Å²) in [4.78, 5) is 15.0. The van der Waals surface area contributed by atoms with Crippen LogP contribution < -0.4 is 0 Å². The van der Waals surface area contributed by atoms with E-state index >= 15 is 0 Å². The lowest BCUT2D eigenvalue weighted by atomic mass is 10.0. The van der Waals surface area contributed by atoms with Gasteiger partial charge in [0.25, 0.3) is 5.91 Å². The van der Waals surface area contributed by atoms with E-state index in [-0.39, 0.29) is 12.0 Å². The average molecular weight is 375 g/mol. The third-order valence-corrected chi connectivity index (χ3v) is 5.37.